The zero-order chi connectivity index (χ0) is 20.5. The second-order valence-electron chi connectivity index (χ2n) is 6.22. The van der Waals surface area contributed by atoms with Crippen molar-refractivity contribution >= 4 is 69.4 Å². The summed E-state index contributed by atoms with van der Waals surface area (Å²) in [5.74, 6) is 0.845. The fourth-order valence-electron chi connectivity index (χ4n) is 2.69. The van der Waals surface area contributed by atoms with Crippen molar-refractivity contribution in [2.75, 3.05) is 0 Å². The van der Waals surface area contributed by atoms with Crippen LogP contribution in [0.4, 0.5) is 5.69 Å². The van der Waals surface area contributed by atoms with E-state index in [1.54, 1.807) is 42.5 Å². The number of benzene rings is 2. The van der Waals surface area contributed by atoms with Gasteiger partial charge in [-0.15, -0.1) is 0 Å². The van der Waals surface area contributed by atoms with Gasteiger partial charge in [0.05, 0.1) is 20.6 Å². The fraction of sp³-hybridized carbons (Fsp3) is 0.0476. The smallest absolute Gasteiger partial charge is 0.264 e. The van der Waals surface area contributed by atoms with Crippen molar-refractivity contribution in [2.24, 2.45) is 4.99 Å². The third-order valence-electron chi connectivity index (χ3n) is 4.16. The Kier molecular flexibility index (Phi) is 5.74. The highest BCUT2D eigenvalue weighted by molar-refractivity contribution is 8.18. The molecule has 0 radical (unpaired) electrons. The van der Waals surface area contributed by atoms with Crippen LogP contribution in [0.3, 0.4) is 0 Å². The monoisotopic (exact) mass is 462 g/mol. The summed E-state index contributed by atoms with van der Waals surface area (Å²) in [6.45, 7) is 1.93. The van der Waals surface area contributed by atoms with Gasteiger partial charge in [-0.3, -0.25) is 4.79 Å². The van der Waals surface area contributed by atoms with Crippen molar-refractivity contribution in [3.63, 3.8) is 0 Å². The van der Waals surface area contributed by atoms with Gasteiger partial charge in [0.25, 0.3) is 5.91 Å². The topological polar surface area (TPSA) is 54.6 Å². The molecule has 0 saturated carbocycles. The van der Waals surface area contributed by atoms with Crippen LogP contribution in [0.2, 0.25) is 15.1 Å². The lowest BCUT2D eigenvalue weighted by Gasteiger charge is -2.02. The number of carbonyl (C=O) groups is 1. The molecular weight excluding hydrogens is 451 g/mol. The Hall–Kier alpha value is -2.18. The van der Waals surface area contributed by atoms with Crippen LogP contribution in [0, 0.1) is 6.92 Å². The van der Waals surface area contributed by atoms with Crippen LogP contribution < -0.4 is 5.32 Å². The number of hydrogen-bond acceptors (Lipinski definition) is 4. The molecular formula is C21H13Cl3N2O2S. The Morgan fingerprint density at radius 1 is 1.10 bits per heavy atom. The highest BCUT2D eigenvalue weighted by Crippen LogP contribution is 2.35. The van der Waals surface area contributed by atoms with Gasteiger partial charge in [-0.1, -0.05) is 46.9 Å². The number of hydrogen-bond donors (Lipinski definition) is 1. The summed E-state index contributed by atoms with van der Waals surface area (Å²) in [4.78, 5) is 17.3. The Balaban J connectivity index is 1.59. The molecule has 146 valence electrons. The number of aryl methyl sites for hydroxylation is 1. The summed E-state index contributed by atoms with van der Waals surface area (Å²) < 4.78 is 5.83. The first-order valence-corrected chi connectivity index (χ1v) is 10.5. The van der Waals surface area contributed by atoms with Crippen molar-refractivity contribution in [3.8, 4) is 11.3 Å². The van der Waals surface area contributed by atoms with E-state index in [9.17, 15) is 4.79 Å². The van der Waals surface area contributed by atoms with Crippen LogP contribution in [0.15, 0.2) is 62.8 Å². The van der Waals surface area contributed by atoms with Gasteiger partial charge in [-0.2, -0.15) is 0 Å². The molecule has 0 unspecified atom stereocenters. The molecule has 8 heteroatoms. The summed E-state index contributed by atoms with van der Waals surface area (Å²) >= 11 is 19.6. The van der Waals surface area contributed by atoms with Crippen molar-refractivity contribution in [1.29, 1.82) is 0 Å². The molecule has 1 aliphatic heterocycles. The minimum atomic E-state index is -0.243. The fourth-order valence-corrected chi connectivity index (χ4v) is 4.07. The molecule has 0 atom stereocenters. The number of nitrogens with zero attached hydrogens (tertiary/aromatic N) is 1. The molecule has 0 aliphatic carbocycles. The maximum atomic E-state index is 12.3. The van der Waals surface area contributed by atoms with E-state index in [0.29, 0.717) is 47.9 Å². The van der Waals surface area contributed by atoms with Gasteiger partial charge < -0.3 is 9.73 Å². The minimum absolute atomic E-state index is 0.243. The second-order valence-corrected chi connectivity index (χ2v) is 8.47. The number of carbonyl (C=O) groups excluding carboxylic acids is 1. The van der Waals surface area contributed by atoms with Gasteiger partial charge in [0.15, 0.2) is 5.17 Å². The van der Waals surface area contributed by atoms with Gasteiger partial charge in [0.1, 0.15) is 11.5 Å². The second kappa shape index (κ2) is 8.28. The van der Waals surface area contributed by atoms with E-state index in [4.69, 9.17) is 39.2 Å². The highest BCUT2D eigenvalue weighted by Gasteiger charge is 2.24. The van der Waals surface area contributed by atoms with E-state index in [-0.39, 0.29) is 5.91 Å². The molecule has 29 heavy (non-hydrogen) atoms. The standard InChI is InChI=1S/C21H13Cl3N2O2S/c1-11-5-6-12(22)9-16(11)25-21-26-20(27)18(29-21)10-13-7-8-17(28-13)14-3-2-4-15(23)19(14)24/h2-10H,1H3,(H,25,26,27)/b18-10-. The van der Waals surface area contributed by atoms with Crippen molar-refractivity contribution in [2.45, 2.75) is 6.92 Å². The Bertz CT molecular complexity index is 1180. The number of nitrogens with one attached hydrogen (secondary N) is 1. The maximum absolute atomic E-state index is 12.3. The first-order chi connectivity index (χ1) is 13.9. The first-order valence-electron chi connectivity index (χ1n) is 8.50. The van der Waals surface area contributed by atoms with Crippen molar-refractivity contribution in [3.05, 3.63) is 79.8 Å². The summed E-state index contributed by atoms with van der Waals surface area (Å²) in [6, 6.07) is 14.3. The molecule has 0 bridgehead atoms. The van der Waals surface area contributed by atoms with Gasteiger partial charge in [0.2, 0.25) is 0 Å². The molecule has 1 fully saturated rings. The zero-order valence-electron chi connectivity index (χ0n) is 15.0. The quantitative estimate of drug-likeness (QED) is 0.421. The predicted molar refractivity (Wildman–Crippen MR) is 121 cm³/mol. The Labute approximate surface area is 186 Å². The third-order valence-corrected chi connectivity index (χ3v) is 6.13. The molecule has 4 rings (SSSR count). The Morgan fingerprint density at radius 3 is 2.76 bits per heavy atom. The van der Waals surface area contributed by atoms with Gasteiger partial charge in [0, 0.05) is 16.7 Å². The van der Waals surface area contributed by atoms with Crippen LogP contribution in [-0.2, 0) is 4.79 Å². The molecule has 4 nitrogen and oxygen atoms in total. The number of thioether (sulfide) groups is 1. The van der Waals surface area contributed by atoms with Crippen LogP contribution in [0.5, 0.6) is 0 Å². The summed E-state index contributed by atoms with van der Waals surface area (Å²) in [5, 5.41) is 4.69. The summed E-state index contributed by atoms with van der Waals surface area (Å²) in [7, 11) is 0. The lowest BCUT2D eigenvalue weighted by atomic mass is 10.2. The number of halogens is 3. The van der Waals surface area contributed by atoms with Crippen molar-refractivity contribution in [1.82, 2.24) is 5.32 Å². The number of rotatable bonds is 3. The van der Waals surface area contributed by atoms with Crippen LogP contribution >= 0.6 is 46.6 Å². The van der Waals surface area contributed by atoms with Gasteiger partial charge in [-0.25, -0.2) is 4.99 Å². The maximum Gasteiger partial charge on any atom is 0.264 e. The molecule has 1 aliphatic rings. The average molecular weight is 464 g/mol. The molecule has 0 spiro atoms. The molecule has 1 amide bonds. The van der Waals surface area contributed by atoms with Crippen LogP contribution in [0.1, 0.15) is 11.3 Å². The summed E-state index contributed by atoms with van der Waals surface area (Å²) in [6.07, 6.45) is 1.66. The number of aliphatic imine (C=N–C) groups is 1. The molecule has 1 N–H and O–H groups in total. The van der Waals surface area contributed by atoms with E-state index in [2.05, 4.69) is 10.3 Å². The average Bonchev–Trinajstić information content (AvgIpc) is 3.28. The van der Waals surface area contributed by atoms with E-state index in [0.717, 1.165) is 5.56 Å². The van der Waals surface area contributed by atoms with E-state index in [1.165, 1.54) is 11.8 Å². The van der Waals surface area contributed by atoms with E-state index >= 15 is 0 Å². The summed E-state index contributed by atoms with van der Waals surface area (Å²) in [5.41, 5.74) is 2.35. The molecule has 3 aromatic rings. The number of amidine groups is 1. The number of furan rings is 1. The van der Waals surface area contributed by atoms with E-state index in [1.807, 2.05) is 19.1 Å². The SMILES string of the molecule is Cc1ccc(Cl)cc1N=C1NC(=O)/C(=C/c2ccc(-c3cccc(Cl)c3Cl)o2)S1. The zero-order valence-corrected chi connectivity index (χ0v) is 18.1. The predicted octanol–water partition coefficient (Wildman–Crippen LogP) is 7.11. The number of amides is 1. The largest absolute Gasteiger partial charge is 0.457 e. The lowest BCUT2D eigenvalue weighted by Crippen LogP contribution is -2.19. The Morgan fingerprint density at radius 2 is 1.93 bits per heavy atom. The van der Waals surface area contributed by atoms with Crippen molar-refractivity contribution < 1.29 is 9.21 Å². The molecule has 2 aromatic carbocycles. The molecule has 2 heterocycles. The molecule has 1 aromatic heterocycles. The van der Waals surface area contributed by atoms with Gasteiger partial charge >= 0.3 is 0 Å². The normalized spacial score (nSPS) is 16.6. The highest BCUT2D eigenvalue weighted by atomic mass is 35.5. The van der Waals surface area contributed by atoms with E-state index < -0.39 is 0 Å². The lowest BCUT2D eigenvalue weighted by molar-refractivity contribution is -0.115. The first kappa shape index (κ1) is 20.1. The van der Waals surface area contributed by atoms with Crippen LogP contribution in [-0.4, -0.2) is 11.1 Å². The van der Waals surface area contributed by atoms with Gasteiger partial charge in [-0.05, 0) is 60.6 Å². The third kappa shape index (κ3) is 4.38. The minimum Gasteiger partial charge on any atom is -0.457 e. The molecule has 1 saturated heterocycles. The van der Waals surface area contributed by atoms with Crippen LogP contribution in [0.25, 0.3) is 17.4 Å².